The molecule has 0 saturated carbocycles. The first-order valence-electron chi connectivity index (χ1n) is 7.30. The topological polar surface area (TPSA) is 41.1 Å². The van der Waals surface area contributed by atoms with Crippen molar-refractivity contribution in [1.82, 2.24) is 5.32 Å². The molecule has 3 nitrogen and oxygen atoms in total. The van der Waals surface area contributed by atoms with Crippen molar-refractivity contribution >= 4 is 11.6 Å². The SMILES string of the molecule is CNC(C)c1ccccc1NC(=O)CCc1ccccc1. The highest BCUT2D eigenvalue weighted by molar-refractivity contribution is 5.91. The first kappa shape index (κ1) is 15.3. The number of carbonyl (C=O) groups is 1. The molecule has 0 heterocycles. The van der Waals surface area contributed by atoms with Crippen LogP contribution >= 0.6 is 0 Å². The van der Waals surface area contributed by atoms with E-state index in [0.717, 1.165) is 17.7 Å². The molecule has 0 fully saturated rings. The Morgan fingerprint density at radius 3 is 2.43 bits per heavy atom. The highest BCUT2D eigenvalue weighted by Crippen LogP contribution is 2.22. The molecule has 0 aliphatic heterocycles. The average Bonchev–Trinajstić information content (AvgIpc) is 2.54. The Bertz CT molecular complexity index is 581. The summed E-state index contributed by atoms with van der Waals surface area (Å²) in [6, 6.07) is 18.2. The molecule has 0 radical (unpaired) electrons. The summed E-state index contributed by atoms with van der Waals surface area (Å²) in [5, 5.41) is 6.22. The zero-order chi connectivity index (χ0) is 15.1. The Labute approximate surface area is 126 Å². The molecule has 0 bridgehead atoms. The van der Waals surface area contributed by atoms with Crippen LogP contribution in [0.5, 0.6) is 0 Å². The molecule has 2 aromatic rings. The van der Waals surface area contributed by atoms with E-state index in [1.807, 2.05) is 61.6 Å². The van der Waals surface area contributed by atoms with Crippen molar-refractivity contribution in [3.8, 4) is 0 Å². The van der Waals surface area contributed by atoms with Gasteiger partial charge < -0.3 is 10.6 Å². The van der Waals surface area contributed by atoms with E-state index in [-0.39, 0.29) is 11.9 Å². The first-order chi connectivity index (χ1) is 10.2. The van der Waals surface area contributed by atoms with Gasteiger partial charge in [-0.15, -0.1) is 0 Å². The molecular weight excluding hydrogens is 260 g/mol. The molecule has 1 atom stereocenters. The van der Waals surface area contributed by atoms with E-state index in [1.165, 1.54) is 5.56 Å². The maximum atomic E-state index is 12.1. The highest BCUT2D eigenvalue weighted by atomic mass is 16.1. The minimum Gasteiger partial charge on any atom is -0.326 e. The van der Waals surface area contributed by atoms with Crippen LogP contribution in [-0.2, 0) is 11.2 Å². The molecule has 0 aliphatic rings. The molecule has 21 heavy (non-hydrogen) atoms. The van der Waals surface area contributed by atoms with Crippen molar-refractivity contribution < 1.29 is 4.79 Å². The summed E-state index contributed by atoms with van der Waals surface area (Å²) in [4.78, 5) is 12.1. The number of hydrogen-bond acceptors (Lipinski definition) is 2. The molecule has 0 aromatic heterocycles. The van der Waals surface area contributed by atoms with Gasteiger partial charge in [0.1, 0.15) is 0 Å². The summed E-state index contributed by atoms with van der Waals surface area (Å²) in [6.45, 7) is 2.08. The number of benzene rings is 2. The number of amides is 1. The zero-order valence-corrected chi connectivity index (χ0v) is 12.6. The van der Waals surface area contributed by atoms with Crippen molar-refractivity contribution in [3.63, 3.8) is 0 Å². The lowest BCUT2D eigenvalue weighted by Crippen LogP contribution is -2.18. The predicted octanol–water partition coefficient (Wildman–Crippen LogP) is 3.54. The molecule has 2 N–H and O–H groups in total. The third kappa shape index (κ3) is 4.43. The fourth-order valence-electron chi connectivity index (χ4n) is 2.26. The van der Waals surface area contributed by atoms with Crippen LogP contribution in [-0.4, -0.2) is 13.0 Å². The summed E-state index contributed by atoms with van der Waals surface area (Å²) in [7, 11) is 1.92. The van der Waals surface area contributed by atoms with E-state index in [0.29, 0.717) is 6.42 Å². The predicted molar refractivity (Wildman–Crippen MR) is 87.3 cm³/mol. The number of carbonyl (C=O) groups excluding carboxylic acids is 1. The van der Waals surface area contributed by atoms with Gasteiger partial charge in [-0.2, -0.15) is 0 Å². The summed E-state index contributed by atoms with van der Waals surface area (Å²) in [5.74, 6) is 0.0506. The van der Waals surface area contributed by atoms with Crippen LogP contribution in [0.15, 0.2) is 54.6 Å². The second kappa shape index (κ2) is 7.60. The molecule has 0 spiro atoms. The molecular formula is C18H22N2O. The quantitative estimate of drug-likeness (QED) is 0.851. The van der Waals surface area contributed by atoms with Crippen molar-refractivity contribution in [2.45, 2.75) is 25.8 Å². The van der Waals surface area contributed by atoms with Gasteiger partial charge in [-0.25, -0.2) is 0 Å². The molecule has 110 valence electrons. The second-order valence-electron chi connectivity index (χ2n) is 5.13. The van der Waals surface area contributed by atoms with Gasteiger partial charge >= 0.3 is 0 Å². The average molecular weight is 282 g/mol. The Kier molecular flexibility index (Phi) is 5.52. The number of hydrogen-bond donors (Lipinski definition) is 2. The van der Waals surface area contributed by atoms with Gasteiger partial charge in [0, 0.05) is 18.2 Å². The molecule has 0 saturated heterocycles. The first-order valence-corrected chi connectivity index (χ1v) is 7.30. The van der Waals surface area contributed by atoms with Crippen LogP contribution in [0.2, 0.25) is 0 Å². The van der Waals surface area contributed by atoms with Gasteiger partial charge in [0.25, 0.3) is 0 Å². The molecule has 0 aliphatic carbocycles. The van der Waals surface area contributed by atoms with Crippen molar-refractivity contribution in [1.29, 1.82) is 0 Å². The largest absolute Gasteiger partial charge is 0.326 e. The molecule has 3 heteroatoms. The minimum absolute atomic E-state index is 0.0506. The summed E-state index contributed by atoms with van der Waals surface area (Å²) in [6.07, 6.45) is 1.25. The number of aryl methyl sites for hydroxylation is 1. The number of nitrogens with one attached hydrogen (secondary N) is 2. The third-order valence-electron chi connectivity index (χ3n) is 3.62. The van der Waals surface area contributed by atoms with E-state index in [4.69, 9.17) is 0 Å². The lowest BCUT2D eigenvalue weighted by atomic mass is 10.1. The molecule has 1 amide bonds. The van der Waals surface area contributed by atoms with Crippen LogP contribution in [0.1, 0.15) is 30.5 Å². The van der Waals surface area contributed by atoms with E-state index < -0.39 is 0 Å². The Morgan fingerprint density at radius 2 is 1.71 bits per heavy atom. The lowest BCUT2D eigenvalue weighted by Gasteiger charge is -2.16. The van der Waals surface area contributed by atoms with E-state index in [9.17, 15) is 4.79 Å². The Morgan fingerprint density at radius 1 is 1.05 bits per heavy atom. The molecule has 1 unspecified atom stereocenters. The second-order valence-corrected chi connectivity index (χ2v) is 5.13. The normalized spacial score (nSPS) is 11.9. The summed E-state index contributed by atoms with van der Waals surface area (Å²) < 4.78 is 0. The number of anilines is 1. The van der Waals surface area contributed by atoms with Gasteiger partial charge in [0.15, 0.2) is 0 Å². The monoisotopic (exact) mass is 282 g/mol. The van der Waals surface area contributed by atoms with Crippen LogP contribution in [0.25, 0.3) is 0 Å². The van der Waals surface area contributed by atoms with E-state index in [1.54, 1.807) is 0 Å². The van der Waals surface area contributed by atoms with Crippen molar-refractivity contribution in [2.75, 3.05) is 12.4 Å². The lowest BCUT2D eigenvalue weighted by molar-refractivity contribution is -0.116. The summed E-state index contributed by atoms with van der Waals surface area (Å²) >= 11 is 0. The maximum Gasteiger partial charge on any atom is 0.224 e. The van der Waals surface area contributed by atoms with E-state index >= 15 is 0 Å². The number of rotatable bonds is 6. The summed E-state index contributed by atoms with van der Waals surface area (Å²) in [5.41, 5.74) is 3.18. The van der Waals surface area contributed by atoms with Crippen molar-refractivity contribution in [2.24, 2.45) is 0 Å². The molecule has 2 rings (SSSR count). The van der Waals surface area contributed by atoms with Gasteiger partial charge in [0.05, 0.1) is 0 Å². The van der Waals surface area contributed by atoms with Crippen LogP contribution in [0, 0.1) is 0 Å². The fraction of sp³-hybridized carbons (Fsp3) is 0.278. The number of para-hydroxylation sites is 1. The minimum atomic E-state index is 0.0506. The van der Waals surface area contributed by atoms with Crippen LogP contribution < -0.4 is 10.6 Å². The van der Waals surface area contributed by atoms with Gasteiger partial charge in [0.2, 0.25) is 5.91 Å². The maximum absolute atomic E-state index is 12.1. The Hall–Kier alpha value is -2.13. The fourth-order valence-corrected chi connectivity index (χ4v) is 2.26. The van der Waals surface area contributed by atoms with Crippen molar-refractivity contribution in [3.05, 3.63) is 65.7 Å². The molecule has 2 aromatic carbocycles. The van der Waals surface area contributed by atoms with Gasteiger partial charge in [-0.05, 0) is 37.6 Å². The van der Waals surface area contributed by atoms with E-state index in [2.05, 4.69) is 17.6 Å². The zero-order valence-electron chi connectivity index (χ0n) is 12.6. The van der Waals surface area contributed by atoms with Gasteiger partial charge in [-0.3, -0.25) is 4.79 Å². The van der Waals surface area contributed by atoms with Gasteiger partial charge in [-0.1, -0.05) is 48.5 Å². The third-order valence-corrected chi connectivity index (χ3v) is 3.62. The van der Waals surface area contributed by atoms with Crippen LogP contribution in [0.4, 0.5) is 5.69 Å². The highest BCUT2D eigenvalue weighted by Gasteiger charge is 2.10. The Balaban J connectivity index is 1.97. The smallest absolute Gasteiger partial charge is 0.224 e. The standard InChI is InChI=1S/C18H22N2O/c1-14(19-2)16-10-6-7-11-17(16)20-18(21)13-12-15-8-4-3-5-9-15/h3-11,14,19H,12-13H2,1-2H3,(H,20,21). The van der Waals surface area contributed by atoms with Crippen LogP contribution in [0.3, 0.4) is 0 Å².